The van der Waals surface area contributed by atoms with Gasteiger partial charge >= 0.3 is 5.97 Å². The van der Waals surface area contributed by atoms with E-state index in [0.717, 1.165) is 5.56 Å². The van der Waals surface area contributed by atoms with Crippen molar-refractivity contribution < 1.29 is 14.3 Å². The van der Waals surface area contributed by atoms with Gasteiger partial charge in [-0.05, 0) is 12.0 Å². The summed E-state index contributed by atoms with van der Waals surface area (Å²) >= 11 is 0. The molecule has 1 atom stereocenters. The molecule has 0 aliphatic heterocycles. The van der Waals surface area contributed by atoms with Crippen molar-refractivity contribution in [3.05, 3.63) is 71.3 Å². The summed E-state index contributed by atoms with van der Waals surface area (Å²) in [6.07, 6.45) is 0.282. The van der Waals surface area contributed by atoms with Gasteiger partial charge in [0.15, 0.2) is 12.4 Å². The lowest BCUT2D eigenvalue weighted by molar-refractivity contribution is -0.143. The van der Waals surface area contributed by atoms with Crippen LogP contribution in [-0.4, -0.2) is 24.4 Å². The molecule has 23 heavy (non-hydrogen) atoms. The first-order chi connectivity index (χ1) is 11.1. The number of nitrogens with zero attached hydrogens (tertiary/aromatic N) is 1. The Bertz CT molecular complexity index is 718. The molecule has 0 aromatic heterocycles. The summed E-state index contributed by atoms with van der Waals surface area (Å²) < 4.78 is 4.67. The standard InChI is InChI=1S/C18H16N2O3/c19-10-11-23-18(22)16(20)12-13-6-8-15(9-7-13)17(21)14-4-2-1-3-5-14/h1-9,16H,11-12,20H2. The van der Waals surface area contributed by atoms with Crippen LogP contribution in [0.25, 0.3) is 0 Å². The number of hydrogen-bond donors (Lipinski definition) is 1. The van der Waals surface area contributed by atoms with Gasteiger partial charge in [0.25, 0.3) is 0 Å². The highest BCUT2D eigenvalue weighted by Gasteiger charge is 2.16. The summed E-state index contributed by atoms with van der Waals surface area (Å²) in [4.78, 5) is 23.8. The van der Waals surface area contributed by atoms with Crippen LogP contribution in [-0.2, 0) is 16.0 Å². The third-order valence-electron chi connectivity index (χ3n) is 3.29. The first kappa shape index (κ1) is 16.4. The van der Waals surface area contributed by atoms with E-state index in [2.05, 4.69) is 4.74 Å². The molecule has 0 fully saturated rings. The summed E-state index contributed by atoms with van der Waals surface area (Å²) in [5.74, 6) is -0.675. The zero-order valence-corrected chi connectivity index (χ0v) is 12.4. The molecule has 2 aromatic rings. The van der Waals surface area contributed by atoms with E-state index < -0.39 is 12.0 Å². The minimum atomic E-state index is -0.834. The van der Waals surface area contributed by atoms with E-state index in [9.17, 15) is 9.59 Å². The maximum absolute atomic E-state index is 12.3. The van der Waals surface area contributed by atoms with E-state index >= 15 is 0 Å². The zero-order chi connectivity index (χ0) is 16.7. The summed E-state index contributed by atoms with van der Waals surface area (Å²) in [6.45, 7) is -0.308. The van der Waals surface area contributed by atoms with Gasteiger partial charge in [-0.25, -0.2) is 0 Å². The number of nitriles is 1. The van der Waals surface area contributed by atoms with Crippen molar-refractivity contribution in [1.29, 1.82) is 5.26 Å². The normalized spacial score (nSPS) is 11.3. The molecule has 116 valence electrons. The van der Waals surface area contributed by atoms with E-state index in [0.29, 0.717) is 11.1 Å². The average Bonchev–Trinajstić information content (AvgIpc) is 2.60. The molecular weight excluding hydrogens is 292 g/mol. The predicted molar refractivity (Wildman–Crippen MR) is 84.6 cm³/mol. The number of nitrogens with two attached hydrogens (primary N) is 1. The van der Waals surface area contributed by atoms with Gasteiger partial charge in [0.2, 0.25) is 0 Å². The number of carbonyl (C=O) groups excluding carboxylic acids is 2. The van der Waals surface area contributed by atoms with E-state index in [1.807, 2.05) is 18.2 Å². The molecule has 2 N–H and O–H groups in total. The fourth-order valence-corrected chi connectivity index (χ4v) is 2.10. The lowest BCUT2D eigenvalue weighted by Crippen LogP contribution is -2.34. The van der Waals surface area contributed by atoms with Gasteiger partial charge in [-0.2, -0.15) is 5.26 Å². The number of ketones is 1. The van der Waals surface area contributed by atoms with Gasteiger partial charge in [-0.15, -0.1) is 0 Å². The van der Waals surface area contributed by atoms with E-state index in [1.54, 1.807) is 42.5 Å². The molecule has 0 radical (unpaired) electrons. The zero-order valence-electron chi connectivity index (χ0n) is 12.4. The van der Waals surface area contributed by atoms with Gasteiger partial charge in [0.1, 0.15) is 12.1 Å². The minimum absolute atomic E-state index is 0.0603. The Morgan fingerprint density at radius 3 is 2.26 bits per heavy atom. The van der Waals surface area contributed by atoms with Crippen LogP contribution in [0, 0.1) is 11.3 Å². The fourth-order valence-electron chi connectivity index (χ4n) is 2.10. The smallest absolute Gasteiger partial charge is 0.324 e. The highest BCUT2D eigenvalue weighted by atomic mass is 16.5. The third kappa shape index (κ3) is 4.50. The van der Waals surface area contributed by atoms with Gasteiger partial charge in [0.05, 0.1) is 0 Å². The van der Waals surface area contributed by atoms with Crippen LogP contribution in [0.4, 0.5) is 0 Å². The van der Waals surface area contributed by atoms with E-state index in [1.165, 1.54) is 0 Å². The molecule has 0 aliphatic rings. The van der Waals surface area contributed by atoms with E-state index in [-0.39, 0.29) is 18.8 Å². The van der Waals surface area contributed by atoms with Crippen molar-refractivity contribution in [3.8, 4) is 6.07 Å². The summed E-state index contributed by atoms with van der Waals surface area (Å²) in [7, 11) is 0. The Hall–Kier alpha value is -2.97. The summed E-state index contributed by atoms with van der Waals surface area (Å²) in [5, 5.41) is 8.36. The number of carbonyl (C=O) groups is 2. The highest BCUT2D eigenvalue weighted by Crippen LogP contribution is 2.12. The summed E-state index contributed by atoms with van der Waals surface area (Å²) in [6, 6.07) is 16.8. The molecule has 0 spiro atoms. The maximum Gasteiger partial charge on any atom is 0.324 e. The molecule has 0 heterocycles. The highest BCUT2D eigenvalue weighted by molar-refractivity contribution is 6.08. The topological polar surface area (TPSA) is 93.2 Å². The Balaban J connectivity index is 2.01. The van der Waals surface area contributed by atoms with Crippen LogP contribution < -0.4 is 5.73 Å². The first-order valence-corrected chi connectivity index (χ1v) is 7.09. The second kappa shape index (κ2) is 7.87. The molecule has 0 aliphatic carbocycles. The molecule has 5 nitrogen and oxygen atoms in total. The van der Waals surface area contributed by atoms with Crippen LogP contribution in [0.3, 0.4) is 0 Å². The van der Waals surface area contributed by atoms with Crippen LogP contribution in [0.5, 0.6) is 0 Å². The third-order valence-corrected chi connectivity index (χ3v) is 3.29. The summed E-state index contributed by atoms with van der Waals surface area (Å²) in [5.41, 5.74) is 7.74. The second-order valence-corrected chi connectivity index (χ2v) is 4.97. The van der Waals surface area contributed by atoms with Crippen molar-refractivity contribution in [2.45, 2.75) is 12.5 Å². The Kier molecular flexibility index (Phi) is 5.61. The molecule has 0 bridgehead atoms. The number of benzene rings is 2. The van der Waals surface area contributed by atoms with Gasteiger partial charge < -0.3 is 10.5 Å². The molecular formula is C18H16N2O3. The molecule has 0 saturated heterocycles. The molecule has 1 unspecified atom stereocenters. The van der Waals surface area contributed by atoms with Gasteiger partial charge in [0, 0.05) is 11.1 Å². The van der Waals surface area contributed by atoms with Crippen LogP contribution >= 0.6 is 0 Å². The Morgan fingerprint density at radius 1 is 1.04 bits per heavy atom. The number of rotatable bonds is 6. The van der Waals surface area contributed by atoms with Crippen molar-refractivity contribution in [2.75, 3.05) is 6.61 Å². The molecule has 0 amide bonds. The largest absolute Gasteiger partial charge is 0.449 e. The molecule has 5 heteroatoms. The fraction of sp³-hybridized carbons (Fsp3) is 0.167. The second-order valence-electron chi connectivity index (χ2n) is 4.97. The number of hydrogen-bond acceptors (Lipinski definition) is 5. The van der Waals surface area contributed by atoms with Gasteiger partial charge in [-0.3, -0.25) is 9.59 Å². The number of esters is 1. The molecule has 2 rings (SSSR count). The van der Waals surface area contributed by atoms with Crippen molar-refractivity contribution >= 4 is 11.8 Å². The average molecular weight is 308 g/mol. The first-order valence-electron chi connectivity index (χ1n) is 7.09. The van der Waals surface area contributed by atoms with E-state index in [4.69, 9.17) is 11.0 Å². The van der Waals surface area contributed by atoms with Crippen molar-refractivity contribution in [1.82, 2.24) is 0 Å². The number of ether oxygens (including phenoxy) is 1. The lowest BCUT2D eigenvalue weighted by Gasteiger charge is -2.10. The van der Waals surface area contributed by atoms with Crippen LogP contribution in [0.1, 0.15) is 21.5 Å². The lowest BCUT2D eigenvalue weighted by atomic mass is 10.00. The quantitative estimate of drug-likeness (QED) is 0.649. The van der Waals surface area contributed by atoms with Crippen molar-refractivity contribution in [3.63, 3.8) is 0 Å². The Labute approximate surface area is 134 Å². The molecule has 0 saturated carbocycles. The minimum Gasteiger partial charge on any atom is -0.449 e. The predicted octanol–water partition coefficient (Wildman–Crippen LogP) is 1.85. The van der Waals surface area contributed by atoms with Gasteiger partial charge in [-0.1, -0.05) is 54.6 Å². The SMILES string of the molecule is N#CCOC(=O)C(N)Cc1ccc(C(=O)c2ccccc2)cc1. The maximum atomic E-state index is 12.3. The van der Waals surface area contributed by atoms with Crippen LogP contribution in [0.15, 0.2) is 54.6 Å². The monoisotopic (exact) mass is 308 g/mol. The van der Waals surface area contributed by atoms with Crippen molar-refractivity contribution in [2.24, 2.45) is 5.73 Å². The van der Waals surface area contributed by atoms with Crippen LogP contribution in [0.2, 0.25) is 0 Å². The Morgan fingerprint density at radius 2 is 1.65 bits per heavy atom. The molecule has 2 aromatic carbocycles.